The van der Waals surface area contributed by atoms with Gasteiger partial charge in [0.15, 0.2) is 0 Å². The predicted octanol–water partition coefficient (Wildman–Crippen LogP) is 3.44. The van der Waals surface area contributed by atoms with Gasteiger partial charge in [-0.25, -0.2) is 8.70 Å². The molecule has 1 atom stereocenters. The smallest absolute Gasteiger partial charge is 0.304 e. The second kappa shape index (κ2) is 12.9. The number of hydrogen-bond donors (Lipinski definition) is 1. The van der Waals surface area contributed by atoms with Gasteiger partial charge in [0.05, 0.1) is 5.69 Å². The van der Waals surface area contributed by atoms with Crippen LogP contribution in [0.5, 0.6) is 0 Å². The van der Waals surface area contributed by atoms with Crippen molar-refractivity contribution in [3.8, 4) is 0 Å². The second-order valence-corrected chi connectivity index (χ2v) is 11.6. The maximum atomic E-state index is 14.8. The highest BCUT2D eigenvalue weighted by atomic mass is 32.2. The number of hydrogen-bond acceptors (Lipinski definition) is 4. The molecule has 0 aliphatic heterocycles. The number of nitrogens with one attached hydrogen (secondary N) is 1. The quantitative estimate of drug-likeness (QED) is 0.393. The Morgan fingerprint density at radius 2 is 1.59 bits per heavy atom. The number of halogens is 1. The summed E-state index contributed by atoms with van der Waals surface area (Å²) in [5.74, 6) is -1.62. The van der Waals surface area contributed by atoms with Gasteiger partial charge in [-0.1, -0.05) is 60.7 Å². The van der Waals surface area contributed by atoms with Crippen LogP contribution in [0.2, 0.25) is 0 Å². The summed E-state index contributed by atoms with van der Waals surface area (Å²) in [6.45, 7) is 2.79. The van der Waals surface area contributed by atoms with Crippen molar-refractivity contribution in [1.82, 2.24) is 14.5 Å². The van der Waals surface area contributed by atoms with E-state index in [9.17, 15) is 22.4 Å². The minimum Gasteiger partial charge on any atom is -0.357 e. The molecule has 0 aliphatic carbocycles. The van der Waals surface area contributed by atoms with E-state index >= 15 is 0 Å². The molecule has 10 heteroatoms. The van der Waals surface area contributed by atoms with Gasteiger partial charge in [-0.3, -0.25) is 9.59 Å². The Morgan fingerprint density at radius 3 is 2.21 bits per heavy atom. The number of amides is 2. The highest BCUT2D eigenvalue weighted by Gasteiger charge is 2.35. The zero-order chi connectivity index (χ0) is 28.7. The lowest BCUT2D eigenvalue weighted by molar-refractivity contribution is -0.139. The molecule has 3 rings (SSSR count). The number of carbonyl (C=O) groups is 2. The molecule has 0 unspecified atom stereocenters. The number of likely N-dealkylation sites (N-methyl/N-ethyl adjacent to an activating group) is 1. The zero-order valence-corrected chi connectivity index (χ0v) is 23.7. The summed E-state index contributed by atoms with van der Waals surface area (Å²) in [6, 6.07) is 19.5. The molecule has 0 bridgehead atoms. The van der Waals surface area contributed by atoms with Gasteiger partial charge in [-0.15, -0.1) is 0 Å². The van der Waals surface area contributed by atoms with E-state index in [0.29, 0.717) is 11.3 Å². The van der Waals surface area contributed by atoms with E-state index in [0.717, 1.165) is 19.7 Å². The Bertz CT molecular complexity index is 1410. The van der Waals surface area contributed by atoms with Gasteiger partial charge in [0.25, 0.3) is 0 Å². The van der Waals surface area contributed by atoms with Crippen LogP contribution in [0.15, 0.2) is 72.8 Å². The van der Waals surface area contributed by atoms with Crippen LogP contribution in [0.25, 0.3) is 0 Å². The van der Waals surface area contributed by atoms with Gasteiger partial charge in [0.1, 0.15) is 18.4 Å². The van der Waals surface area contributed by atoms with E-state index in [1.54, 1.807) is 25.1 Å². The van der Waals surface area contributed by atoms with Crippen molar-refractivity contribution in [1.29, 1.82) is 0 Å². The van der Waals surface area contributed by atoms with Crippen LogP contribution in [-0.4, -0.2) is 63.2 Å². The number of anilines is 1. The van der Waals surface area contributed by atoms with Crippen LogP contribution in [-0.2, 0) is 32.8 Å². The van der Waals surface area contributed by atoms with Crippen LogP contribution >= 0.6 is 0 Å². The van der Waals surface area contributed by atoms with Gasteiger partial charge < -0.3 is 10.2 Å². The Morgan fingerprint density at radius 1 is 0.949 bits per heavy atom. The van der Waals surface area contributed by atoms with Gasteiger partial charge >= 0.3 is 10.2 Å². The summed E-state index contributed by atoms with van der Waals surface area (Å²) >= 11 is 0. The van der Waals surface area contributed by atoms with Crippen LogP contribution < -0.4 is 9.62 Å². The summed E-state index contributed by atoms with van der Waals surface area (Å²) in [6.07, 6.45) is 0.157. The molecule has 3 aromatic rings. The number of benzene rings is 3. The molecule has 1 N–H and O–H groups in total. The first-order valence-electron chi connectivity index (χ1n) is 12.5. The third-order valence-electron chi connectivity index (χ3n) is 6.47. The number of aryl methyl sites for hydroxylation is 2. The van der Waals surface area contributed by atoms with Gasteiger partial charge in [0.2, 0.25) is 11.8 Å². The predicted molar refractivity (Wildman–Crippen MR) is 151 cm³/mol. The highest BCUT2D eigenvalue weighted by molar-refractivity contribution is 7.90. The fraction of sp³-hybridized carbons (Fsp3) is 0.310. The molecule has 0 aromatic heterocycles. The number of nitrogens with zero attached hydrogens (tertiary/aromatic N) is 3. The second-order valence-electron chi connectivity index (χ2n) is 9.52. The molecule has 0 fully saturated rings. The SMILES string of the molecule is CNC(=O)[C@@H](Cc1ccccc1)N(Cc1ccccc1F)C(=O)CN(c1cc(C)ccc1C)S(=O)(=O)N(C)C. The van der Waals surface area contributed by atoms with Crippen LogP contribution in [0.1, 0.15) is 22.3 Å². The number of rotatable bonds is 11. The Hall–Kier alpha value is -3.76. The van der Waals surface area contributed by atoms with Crippen molar-refractivity contribution < 1.29 is 22.4 Å². The van der Waals surface area contributed by atoms with Crippen LogP contribution in [0, 0.1) is 19.7 Å². The summed E-state index contributed by atoms with van der Waals surface area (Å²) in [5, 5.41) is 2.60. The molecule has 0 heterocycles. The minimum atomic E-state index is -4.11. The maximum absolute atomic E-state index is 14.8. The van der Waals surface area contributed by atoms with Crippen molar-refractivity contribution in [3.05, 3.63) is 101 Å². The molecule has 3 aromatic carbocycles. The molecule has 0 aliphatic rings. The van der Waals surface area contributed by atoms with Gasteiger partial charge in [0, 0.05) is 39.7 Å². The first-order valence-corrected chi connectivity index (χ1v) is 13.9. The average molecular weight is 555 g/mol. The Labute approximate surface area is 230 Å². The Balaban J connectivity index is 2.11. The third-order valence-corrected chi connectivity index (χ3v) is 8.27. The van der Waals surface area contributed by atoms with Gasteiger partial charge in [-0.2, -0.15) is 12.7 Å². The zero-order valence-electron chi connectivity index (χ0n) is 22.9. The van der Waals surface area contributed by atoms with Crippen molar-refractivity contribution in [2.45, 2.75) is 32.9 Å². The maximum Gasteiger partial charge on any atom is 0.304 e. The lowest BCUT2D eigenvalue weighted by atomic mass is 10.0. The van der Waals surface area contributed by atoms with E-state index < -0.39 is 40.4 Å². The highest BCUT2D eigenvalue weighted by Crippen LogP contribution is 2.26. The van der Waals surface area contributed by atoms with Crippen LogP contribution in [0.3, 0.4) is 0 Å². The lowest BCUT2D eigenvalue weighted by Crippen LogP contribution is -2.54. The van der Waals surface area contributed by atoms with E-state index in [4.69, 9.17) is 0 Å². The molecular weight excluding hydrogens is 519 g/mol. The van der Waals surface area contributed by atoms with Crippen molar-refractivity contribution in [3.63, 3.8) is 0 Å². The molecule has 208 valence electrons. The largest absolute Gasteiger partial charge is 0.357 e. The first-order chi connectivity index (χ1) is 18.4. The molecule has 2 amide bonds. The monoisotopic (exact) mass is 554 g/mol. The molecular formula is C29H35FN4O4S. The molecule has 39 heavy (non-hydrogen) atoms. The average Bonchev–Trinajstić information content (AvgIpc) is 2.91. The summed E-state index contributed by atoms with van der Waals surface area (Å²) in [5.41, 5.74) is 2.83. The summed E-state index contributed by atoms with van der Waals surface area (Å²) in [4.78, 5) is 28.5. The fourth-order valence-electron chi connectivity index (χ4n) is 4.22. The van der Waals surface area contributed by atoms with E-state index in [2.05, 4.69) is 5.32 Å². The van der Waals surface area contributed by atoms with E-state index in [1.807, 2.05) is 43.3 Å². The minimum absolute atomic E-state index is 0.157. The van der Waals surface area contributed by atoms with E-state index in [1.165, 1.54) is 44.2 Å². The van der Waals surface area contributed by atoms with Crippen molar-refractivity contribution in [2.75, 3.05) is 32.0 Å². The fourth-order valence-corrected chi connectivity index (χ4v) is 5.33. The molecule has 0 radical (unpaired) electrons. The van der Waals surface area contributed by atoms with Crippen molar-refractivity contribution in [2.24, 2.45) is 0 Å². The summed E-state index contributed by atoms with van der Waals surface area (Å²) in [7, 11) is 0.130. The normalized spacial score (nSPS) is 12.2. The Kier molecular flexibility index (Phi) is 9.82. The molecule has 8 nitrogen and oxygen atoms in total. The molecule has 0 spiro atoms. The van der Waals surface area contributed by atoms with Gasteiger partial charge in [-0.05, 0) is 42.7 Å². The van der Waals surface area contributed by atoms with Crippen molar-refractivity contribution >= 4 is 27.7 Å². The molecule has 0 saturated carbocycles. The topological polar surface area (TPSA) is 90.0 Å². The van der Waals surface area contributed by atoms with Crippen LogP contribution in [0.4, 0.5) is 10.1 Å². The van der Waals surface area contributed by atoms with E-state index in [-0.39, 0.29) is 18.5 Å². The lowest BCUT2D eigenvalue weighted by Gasteiger charge is -2.34. The first kappa shape index (κ1) is 29.8. The summed E-state index contributed by atoms with van der Waals surface area (Å²) < 4.78 is 43.7. The standard InChI is InChI=1S/C29H35FN4O4S/c1-21-15-16-22(2)26(17-21)34(39(37,38)32(4)5)20-28(35)33(19-24-13-9-10-14-25(24)30)27(29(36)31-3)18-23-11-7-6-8-12-23/h6-17,27H,18-20H2,1-5H3,(H,31,36)/t27-/m1/s1. The number of carbonyl (C=O) groups excluding carboxylic acids is 2. The molecule has 0 saturated heterocycles. The third kappa shape index (κ3) is 7.21.